The van der Waals surface area contributed by atoms with Gasteiger partial charge in [-0.25, -0.2) is 0 Å². The molecule has 42 heavy (non-hydrogen) atoms. The highest BCUT2D eigenvalue weighted by Gasteiger charge is 2.61. The summed E-state index contributed by atoms with van der Waals surface area (Å²) in [6.45, 7) is 13.5. The second-order valence-corrected chi connectivity index (χ2v) is 14.1. The summed E-state index contributed by atoms with van der Waals surface area (Å²) in [5.41, 5.74) is -1.81. The molecule has 0 amide bonds. The fourth-order valence-corrected chi connectivity index (χ4v) is 6.69. The predicted molar refractivity (Wildman–Crippen MR) is 156 cm³/mol. The van der Waals surface area contributed by atoms with Crippen LogP contribution in [0.15, 0.2) is 0 Å². The molecular weight excluding hydrogens is 591 g/mol. The van der Waals surface area contributed by atoms with E-state index < -0.39 is 33.9 Å². The molecule has 2 aliphatic carbocycles. The van der Waals surface area contributed by atoms with E-state index in [4.69, 9.17) is 42.1 Å². The first kappa shape index (κ1) is 37.0. The fraction of sp³-hybridized carbons (Fsp3) is 0.867. The molecule has 4 aliphatic heterocycles. The zero-order chi connectivity index (χ0) is 32.3. The Balaban J connectivity index is 0.000000249. The van der Waals surface area contributed by atoms with Gasteiger partial charge in [0.15, 0.2) is 0 Å². The van der Waals surface area contributed by atoms with Crippen molar-refractivity contribution in [2.24, 2.45) is 11.8 Å². The summed E-state index contributed by atoms with van der Waals surface area (Å²) in [4.78, 5) is 42.7. The Kier molecular flexibility index (Phi) is 12.6. The lowest BCUT2D eigenvalue weighted by Crippen LogP contribution is -2.69. The Labute approximate surface area is 259 Å². The Bertz CT molecular complexity index is 973. The highest BCUT2D eigenvalue weighted by molar-refractivity contribution is 6.65. The van der Waals surface area contributed by atoms with Crippen molar-refractivity contribution < 1.29 is 48.3 Å². The molecule has 242 valence electrons. The maximum absolute atomic E-state index is 11.9. The average molecular weight is 640 g/mol. The van der Waals surface area contributed by atoms with E-state index in [0.29, 0.717) is 5.92 Å². The first-order chi connectivity index (χ1) is 19.2. The predicted octanol–water partition coefficient (Wildman–Crippen LogP) is 4.24. The van der Waals surface area contributed by atoms with Crippen LogP contribution in [0.3, 0.4) is 0 Å². The molecule has 12 heteroatoms. The molecule has 10 nitrogen and oxygen atoms in total. The van der Waals surface area contributed by atoms with E-state index in [1.54, 1.807) is 14.0 Å². The molecular formula is C30H48Cl2O10. The van der Waals surface area contributed by atoms with Crippen LogP contribution >= 0.6 is 23.2 Å². The minimum atomic E-state index is -0.752. The van der Waals surface area contributed by atoms with Gasteiger partial charge in [0.2, 0.25) is 10.5 Å². The van der Waals surface area contributed by atoms with Crippen molar-refractivity contribution in [3.63, 3.8) is 0 Å². The zero-order valence-corrected chi connectivity index (χ0v) is 27.5. The van der Waals surface area contributed by atoms with Crippen molar-refractivity contribution in [3.8, 4) is 0 Å². The smallest absolute Gasteiger partial charge is 0.306 e. The van der Waals surface area contributed by atoms with Crippen molar-refractivity contribution in [2.45, 2.75) is 147 Å². The van der Waals surface area contributed by atoms with Crippen LogP contribution in [0, 0.1) is 11.8 Å². The molecule has 0 aromatic rings. The summed E-state index contributed by atoms with van der Waals surface area (Å²) in [5.74, 6) is 0.241. The Hall–Kier alpha value is -1.14. The highest BCUT2D eigenvalue weighted by atomic mass is 35.5. The first-order valence-corrected chi connectivity index (χ1v) is 15.3. The van der Waals surface area contributed by atoms with Crippen LogP contribution in [0.5, 0.6) is 0 Å². The summed E-state index contributed by atoms with van der Waals surface area (Å²) >= 11 is 9.74. The molecule has 6 aliphatic rings. The van der Waals surface area contributed by atoms with E-state index in [9.17, 15) is 29.4 Å². The largest absolute Gasteiger partial charge is 0.459 e. The van der Waals surface area contributed by atoms with Crippen molar-refractivity contribution in [2.75, 3.05) is 7.11 Å². The third-order valence-corrected chi connectivity index (χ3v) is 9.68. The van der Waals surface area contributed by atoms with Crippen LogP contribution in [0.2, 0.25) is 0 Å². The number of carbonyl (C=O) groups excluding carboxylic acids is 4. The monoisotopic (exact) mass is 638 g/mol. The molecule has 6 atom stereocenters. The summed E-state index contributed by atoms with van der Waals surface area (Å²) in [6, 6.07) is 0. The van der Waals surface area contributed by atoms with Crippen LogP contribution in [-0.4, -0.2) is 86.4 Å². The number of Topliss-reactive ketones (excluding diaryl/α,β-unsaturated/α-hetero) is 1. The van der Waals surface area contributed by atoms with E-state index in [2.05, 4.69) is 13.8 Å². The number of aliphatic hydroxyl groups is 2. The number of rotatable bonds is 8. The highest BCUT2D eigenvalue weighted by Crippen LogP contribution is 2.52. The number of fused-ring (bicyclic) bond motifs is 6. The van der Waals surface area contributed by atoms with Gasteiger partial charge >= 0.3 is 5.97 Å². The third-order valence-electron chi connectivity index (χ3n) is 9.30. The molecule has 6 unspecified atom stereocenters. The zero-order valence-electron chi connectivity index (χ0n) is 26.0. The number of methoxy groups -OCH3 is 1. The van der Waals surface area contributed by atoms with E-state index in [1.165, 1.54) is 6.92 Å². The van der Waals surface area contributed by atoms with Gasteiger partial charge in [-0.05, 0) is 109 Å². The molecule has 6 rings (SSSR count). The van der Waals surface area contributed by atoms with Gasteiger partial charge in [-0.1, -0.05) is 0 Å². The average Bonchev–Trinajstić information content (AvgIpc) is 2.84. The molecule has 6 fully saturated rings. The number of ketones is 1. The van der Waals surface area contributed by atoms with Gasteiger partial charge in [-0.3, -0.25) is 14.4 Å². The quantitative estimate of drug-likeness (QED) is 0.292. The van der Waals surface area contributed by atoms with E-state index in [1.807, 2.05) is 20.8 Å². The summed E-state index contributed by atoms with van der Waals surface area (Å²) in [7, 11) is 1.67. The Morgan fingerprint density at radius 1 is 0.714 bits per heavy atom. The molecule has 2 saturated carbocycles. The minimum absolute atomic E-state index is 0.00419. The van der Waals surface area contributed by atoms with Crippen LogP contribution in [0.25, 0.3) is 0 Å². The van der Waals surface area contributed by atoms with Crippen molar-refractivity contribution in [1.82, 2.24) is 0 Å². The SMILES string of the molecule is CC1(C)OC2(C)C(O)CC1CC2O.COC1CC2CC(OC(=O)CCC(C)=O)C1(C)OC2(C)C.O=C(Cl)CCC(=O)Cl. The number of carbonyl (C=O) groups is 4. The number of aliphatic hydroxyl groups excluding tert-OH is 2. The number of ether oxygens (including phenoxy) is 4. The number of hydrogen-bond donors (Lipinski definition) is 2. The van der Waals surface area contributed by atoms with Gasteiger partial charge in [-0.15, -0.1) is 0 Å². The Morgan fingerprint density at radius 2 is 1.14 bits per heavy atom. The lowest BCUT2D eigenvalue weighted by molar-refractivity contribution is -0.317. The minimum Gasteiger partial charge on any atom is -0.459 e. The van der Waals surface area contributed by atoms with Gasteiger partial charge < -0.3 is 34.0 Å². The molecule has 4 saturated heterocycles. The fourth-order valence-electron chi connectivity index (χ4n) is 6.50. The Morgan fingerprint density at radius 3 is 1.55 bits per heavy atom. The van der Waals surface area contributed by atoms with Crippen LogP contribution in [0.4, 0.5) is 0 Å². The topological polar surface area (TPSA) is 146 Å². The van der Waals surface area contributed by atoms with Gasteiger partial charge in [-0.2, -0.15) is 0 Å². The first-order valence-electron chi connectivity index (χ1n) is 14.5. The molecule has 0 spiro atoms. The van der Waals surface area contributed by atoms with Crippen LogP contribution < -0.4 is 0 Å². The molecule has 0 radical (unpaired) electrons. The van der Waals surface area contributed by atoms with Crippen molar-refractivity contribution >= 4 is 45.4 Å². The van der Waals surface area contributed by atoms with E-state index in [-0.39, 0.29) is 66.8 Å². The van der Waals surface area contributed by atoms with Gasteiger partial charge in [0, 0.05) is 26.4 Å². The van der Waals surface area contributed by atoms with Crippen molar-refractivity contribution in [1.29, 1.82) is 0 Å². The normalized spacial score (nSPS) is 37.0. The molecule has 2 N–H and O–H groups in total. The molecule has 0 aromatic heterocycles. The van der Waals surface area contributed by atoms with Gasteiger partial charge in [0.1, 0.15) is 23.1 Å². The van der Waals surface area contributed by atoms with E-state index >= 15 is 0 Å². The van der Waals surface area contributed by atoms with Gasteiger partial charge in [0.25, 0.3) is 0 Å². The second-order valence-electron chi connectivity index (χ2n) is 13.3. The second kappa shape index (κ2) is 14.3. The molecule has 0 aromatic carbocycles. The lowest BCUT2D eigenvalue weighted by atomic mass is 9.65. The number of hydrogen-bond acceptors (Lipinski definition) is 10. The summed E-state index contributed by atoms with van der Waals surface area (Å²) < 4.78 is 23.2. The van der Waals surface area contributed by atoms with Crippen molar-refractivity contribution in [3.05, 3.63) is 0 Å². The van der Waals surface area contributed by atoms with Crippen LogP contribution in [-0.2, 0) is 38.1 Å². The van der Waals surface area contributed by atoms with Crippen LogP contribution in [0.1, 0.15) is 99.8 Å². The number of halogens is 2. The standard InChI is InChI=1S/C16H26O5.C10H18O3.C4H4Cl2O2/c1-10(17)6-7-14(18)20-13-9-11-8-12(19-5)16(13,4)21-15(11,2)3;1-9(2)6-4-7(11)10(3,13-9)8(12)5-6;5-3(7)1-2-4(6)8/h11-13H,6-9H2,1-5H3;6-8,11-12H,4-5H2,1-3H3;1-2H2. The molecule has 4 heterocycles. The maximum atomic E-state index is 11.9. The third kappa shape index (κ3) is 8.96. The van der Waals surface area contributed by atoms with Gasteiger partial charge in [0.05, 0.1) is 35.9 Å². The summed E-state index contributed by atoms with van der Waals surface area (Å²) in [6.07, 6.45) is 2.21. The lowest BCUT2D eigenvalue weighted by Gasteiger charge is -2.59. The van der Waals surface area contributed by atoms with E-state index in [0.717, 1.165) is 25.7 Å². The molecule has 4 bridgehead atoms. The summed E-state index contributed by atoms with van der Waals surface area (Å²) in [5, 5.41) is 18.5. The number of esters is 1. The maximum Gasteiger partial charge on any atom is 0.306 e.